The average Bonchev–Trinajstić information content (AvgIpc) is 2.89. The average molecular weight is 319 g/mol. The molecule has 5 nitrogen and oxygen atoms in total. The van der Waals surface area contributed by atoms with Crippen molar-refractivity contribution in [1.82, 2.24) is 15.4 Å². The Labute approximate surface area is 126 Å². The molecule has 0 unspecified atom stereocenters. The number of aryl methyl sites for hydroxylation is 1. The number of aromatic nitrogens is 1. The van der Waals surface area contributed by atoms with Gasteiger partial charge in [0.2, 0.25) is 0 Å². The van der Waals surface area contributed by atoms with E-state index in [9.17, 15) is 18.0 Å². The maximum Gasteiger partial charge on any atom is 0.389 e. The standard InChI is InChI=1S/C14H20F3N3O2/c1-10-9-12(22-19-10)11-3-7-20(8-4-11)13(21)18-6-2-5-14(15,16)17/h9,11H,2-8H2,1H3,(H,18,21). The molecule has 2 amide bonds. The summed E-state index contributed by atoms with van der Waals surface area (Å²) in [6, 6.07) is 1.60. The highest BCUT2D eigenvalue weighted by atomic mass is 19.4. The number of alkyl halides is 3. The number of rotatable bonds is 4. The van der Waals surface area contributed by atoms with E-state index in [0.29, 0.717) is 13.1 Å². The number of carbonyl (C=O) groups excluding carboxylic acids is 1. The summed E-state index contributed by atoms with van der Waals surface area (Å²) in [5.74, 6) is 1.08. The molecule has 22 heavy (non-hydrogen) atoms. The van der Waals surface area contributed by atoms with Crippen molar-refractivity contribution in [2.45, 2.75) is 44.7 Å². The van der Waals surface area contributed by atoms with Gasteiger partial charge in [0.1, 0.15) is 5.76 Å². The zero-order chi connectivity index (χ0) is 16.2. The Kier molecular flexibility index (Phi) is 5.31. The van der Waals surface area contributed by atoms with Gasteiger partial charge in [0.15, 0.2) is 0 Å². The van der Waals surface area contributed by atoms with Gasteiger partial charge in [-0.1, -0.05) is 5.16 Å². The number of urea groups is 1. The van der Waals surface area contributed by atoms with Crippen molar-refractivity contribution in [3.05, 3.63) is 17.5 Å². The Morgan fingerprint density at radius 1 is 1.45 bits per heavy atom. The van der Waals surface area contributed by atoms with Crippen molar-refractivity contribution in [2.24, 2.45) is 0 Å². The van der Waals surface area contributed by atoms with Gasteiger partial charge in [0, 0.05) is 38.0 Å². The number of carbonyl (C=O) groups is 1. The molecule has 1 saturated heterocycles. The van der Waals surface area contributed by atoms with Gasteiger partial charge >= 0.3 is 12.2 Å². The van der Waals surface area contributed by atoms with Gasteiger partial charge in [0.05, 0.1) is 5.69 Å². The van der Waals surface area contributed by atoms with Gasteiger partial charge in [-0.05, 0) is 26.2 Å². The van der Waals surface area contributed by atoms with Crippen LogP contribution in [0.15, 0.2) is 10.6 Å². The number of nitrogens with zero attached hydrogens (tertiary/aromatic N) is 2. The molecule has 1 aliphatic heterocycles. The molecule has 2 rings (SSSR count). The molecular weight excluding hydrogens is 299 g/mol. The van der Waals surface area contributed by atoms with Gasteiger partial charge in [-0.15, -0.1) is 0 Å². The topological polar surface area (TPSA) is 58.4 Å². The smallest absolute Gasteiger partial charge is 0.361 e. The Morgan fingerprint density at radius 2 is 2.14 bits per heavy atom. The summed E-state index contributed by atoms with van der Waals surface area (Å²) in [5.41, 5.74) is 0.833. The highest BCUT2D eigenvalue weighted by molar-refractivity contribution is 5.74. The molecule has 1 aliphatic rings. The Bertz CT molecular complexity index is 494. The van der Waals surface area contributed by atoms with E-state index >= 15 is 0 Å². The summed E-state index contributed by atoms with van der Waals surface area (Å²) in [6.07, 6.45) is -3.60. The molecule has 0 aromatic carbocycles. The van der Waals surface area contributed by atoms with E-state index < -0.39 is 12.6 Å². The molecule has 8 heteroatoms. The lowest BCUT2D eigenvalue weighted by molar-refractivity contribution is -0.135. The quantitative estimate of drug-likeness (QED) is 0.867. The van der Waals surface area contributed by atoms with Crippen LogP contribution in [0.5, 0.6) is 0 Å². The number of hydrogen-bond donors (Lipinski definition) is 1. The molecule has 1 N–H and O–H groups in total. The number of piperidine rings is 1. The fourth-order valence-corrected chi connectivity index (χ4v) is 2.54. The minimum absolute atomic E-state index is 0.0412. The van der Waals surface area contributed by atoms with Gasteiger partial charge in [-0.3, -0.25) is 0 Å². The number of amides is 2. The summed E-state index contributed by atoms with van der Waals surface area (Å²) in [6.45, 7) is 3.03. The molecule has 1 aromatic rings. The summed E-state index contributed by atoms with van der Waals surface area (Å²) in [7, 11) is 0. The van der Waals surface area contributed by atoms with Crippen LogP contribution in [0.1, 0.15) is 43.1 Å². The van der Waals surface area contributed by atoms with Crippen LogP contribution < -0.4 is 5.32 Å². The monoisotopic (exact) mass is 319 g/mol. The molecule has 1 aromatic heterocycles. The van der Waals surface area contributed by atoms with Gasteiger partial charge in [-0.25, -0.2) is 4.79 Å². The second-order valence-electron chi connectivity index (χ2n) is 5.58. The first-order valence-corrected chi connectivity index (χ1v) is 7.38. The van der Waals surface area contributed by atoms with E-state index in [1.807, 2.05) is 13.0 Å². The molecule has 2 heterocycles. The van der Waals surface area contributed by atoms with Crippen LogP contribution in [0.4, 0.5) is 18.0 Å². The first-order chi connectivity index (χ1) is 10.3. The van der Waals surface area contributed by atoms with Crippen molar-refractivity contribution in [1.29, 1.82) is 0 Å². The van der Waals surface area contributed by atoms with E-state index in [0.717, 1.165) is 24.3 Å². The van der Waals surface area contributed by atoms with Crippen LogP contribution in [0, 0.1) is 6.92 Å². The van der Waals surface area contributed by atoms with E-state index in [1.54, 1.807) is 4.90 Å². The second kappa shape index (κ2) is 7.02. The lowest BCUT2D eigenvalue weighted by Crippen LogP contribution is -2.44. The lowest BCUT2D eigenvalue weighted by atomic mass is 9.94. The highest BCUT2D eigenvalue weighted by Crippen LogP contribution is 2.28. The number of halogens is 3. The summed E-state index contributed by atoms with van der Waals surface area (Å²) in [4.78, 5) is 13.5. The van der Waals surface area contributed by atoms with Crippen LogP contribution in [-0.4, -0.2) is 41.9 Å². The van der Waals surface area contributed by atoms with E-state index in [1.165, 1.54) is 0 Å². The third kappa shape index (κ3) is 4.92. The molecule has 0 bridgehead atoms. The van der Waals surface area contributed by atoms with E-state index in [2.05, 4.69) is 10.5 Å². The first kappa shape index (κ1) is 16.6. The third-order valence-corrected chi connectivity index (χ3v) is 3.74. The maximum atomic E-state index is 12.0. The van der Waals surface area contributed by atoms with Gasteiger partial charge in [0.25, 0.3) is 0 Å². The van der Waals surface area contributed by atoms with Gasteiger partial charge in [-0.2, -0.15) is 13.2 Å². The molecule has 124 valence electrons. The summed E-state index contributed by atoms with van der Waals surface area (Å²) in [5, 5.41) is 6.39. The SMILES string of the molecule is Cc1cc(C2CCN(C(=O)NCCCC(F)(F)F)CC2)on1. The van der Waals surface area contributed by atoms with Crippen molar-refractivity contribution in [3.8, 4) is 0 Å². The number of nitrogens with one attached hydrogen (secondary N) is 1. The van der Waals surface area contributed by atoms with Crippen LogP contribution in [0.25, 0.3) is 0 Å². The molecule has 0 atom stereocenters. The molecule has 0 aliphatic carbocycles. The molecule has 1 fully saturated rings. The fraction of sp³-hybridized carbons (Fsp3) is 0.714. The van der Waals surface area contributed by atoms with Crippen molar-refractivity contribution >= 4 is 6.03 Å². The van der Waals surface area contributed by atoms with Crippen molar-refractivity contribution in [3.63, 3.8) is 0 Å². The lowest BCUT2D eigenvalue weighted by Gasteiger charge is -2.30. The van der Waals surface area contributed by atoms with Crippen LogP contribution in [-0.2, 0) is 0 Å². The fourth-order valence-electron chi connectivity index (χ4n) is 2.54. The van der Waals surface area contributed by atoms with Crippen molar-refractivity contribution in [2.75, 3.05) is 19.6 Å². The summed E-state index contributed by atoms with van der Waals surface area (Å²) < 4.78 is 41.2. The first-order valence-electron chi connectivity index (χ1n) is 7.38. The summed E-state index contributed by atoms with van der Waals surface area (Å²) >= 11 is 0. The largest absolute Gasteiger partial charge is 0.389 e. The Balaban J connectivity index is 1.69. The van der Waals surface area contributed by atoms with E-state index in [-0.39, 0.29) is 24.9 Å². The predicted molar refractivity (Wildman–Crippen MR) is 73.5 cm³/mol. The highest BCUT2D eigenvalue weighted by Gasteiger charge is 2.27. The van der Waals surface area contributed by atoms with Crippen LogP contribution >= 0.6 is 0 Å². The molecular formula is C14H20F3N3O2. The zero-order valence-corrected chi connectivity index (χ0v) is 12.4. The Hall–Kier alpha value is -1.73. The van der Waals surface area contributed by atoms with Crippen LogP contribution in [0.3, 0.4) is 0 Å². The van der Waals surface area contributed by atoms with Gasteiger partial charge < -0.3 is 14.7 Å². The predicted octanol–water partition coefficient (Wildman–Crippen LogP) is 3.21. The van der Waals surface area contributed by atoms with E-state index in [4.69, 9.17) is 4.52 Å². The molecule has 0 radical (unpaired) electrons. The van der Waals surface area contributed by atoms with Crippen LogP contribution in [0.2, 0.25) is 0 Å². The minimum atomic E-state index is -4.17. The number of hydrogen-bond acceptors (Lipinski definition) is 3. The third-order valence-electron chi connectivity index (χ3n) is 3.74. The minimum Gasteiger partial charge on any atom is -0.361 e. The second-order valence-corrected chi connectivity index (χ2v) is 5.58. The molecule has 0 saturated carbocycles. The van der Waals surface area contributed by atoms with Crippen molar-refractivity contribution < 1.29 is 22.5 Å². The maximum absolute atomic E-state index is 12.0. The zero-order valence-electron chi connectivity index (χ0n) is 12.4. The molecule has 0 spiro atoms. The number of likely N-dealkylation sites (tertiary alicyclic amines) is 1. The Morgan fingerprint density at radius 3 is 2.68 bits per heavy atom. The normalized spacial score (nSPS) is 16.8.